The Morgan fingerprint density at radius 2 is 0.784 bits per heavy atom. The van der Waals surface area contributed by atoms with Gasteiger partial charge in [-0.2, -0.15) is 36.4 Å². The van der Waals surface area contributed by atoms with Gasteiger partial charge in [0.15, 0.2) is 0 Å². The number of hydrogen-bond donors (Lipinski definition) is 0. The molecule has 0 saturated carbocycles. The van der Waals surface area contributed by atoms with E-state index in [1.807, 2.05) is 121 Å². The Kier molecular flexibility index (Phi) is 14.7. The zero-order valence-electron chi connectivity index (χ0n) is 20.1. The molecule has 0 N–H and O–H groups in total. The van der Waals surface area contributed by atoms with Gasteiger partial charge in [0.05, 0.1) is 22.8 Å². The molecule has 6 aromatic rings. The summed E-state index contributed by atoms with van der Waals surface area (Å²) >= 11 is 0. The van der Waals surface area contributed by atoms with Crippen LogP contribution < -0.4 is 0 Å². The zero-order valence-corrected chi connectivity index (χ0v) is 22.8. The molecule has 0 aliphatic rings. The molecule has 1 aromatic carbocycles. The Hall–Kier alpha value is -4.37. The quantitative estimate of drug-likeness (QED) is 0.191. The maximum atomic E-state index is 4.59. The normalized spacial score (nSPS) is 8.86. The zero-order chi connectivity index (χ0) is 24.9. The first-order valence-corrected chi connectivity index (χ1v) is 11.3. The first-order valence-electron chi connectivity index (χ1n) is 11.3. The maximum Gasteiger partial charge on any atom is 0.0894 e. The van der Waals surface area contributed by atoms with Crippen LogP contribution in [0.2, 0.25) is 0 Å². The van der Waals surface area contributed by atoms with Gasteiger partial charge in [-0.05, 0) is 60.7 Å². The van der Waals surface area contributed by atoms with Gasteiger partial charge in [0.1, 0.15) is 0 Å². The summed E-state index contributed by atoms with van der Waals surface area (Å²) in [5, 5.41) is 0. The number of benzene rings is 1. The summed E-state index contributed by atoms with van der Waals surface area (Å²) in [7, 11) is 0. The largest absolute Gasteiger partial charge is 0.265 e. The Bertz CT molecular complexity index is 1100. The molecule has 0 fully saturated rings. The summed E-state index contributed by atoms with van der Waals surface area (Å²) in [5.41, 5.74) is 3.46. The predicted molar refractivity (Wildman–Crippen MR) is 144 cm³/mol. The van der Waals surface area contributed by atoms with Crippen LogP contribution in [0.4, 0.5) is 0 Å². The van der Waals surface area contributed by atoms with Crippen molar-refractivity contribution in [2.45, 2.75) is 0 Å². The molecule has 0 aliphatic carbocycles. The van der Waals surface area contributed by atoms with Gasteiger partial charge in [0.25, 0.3) is 0 Å². The van der Waals surface area contributed by atoms with Gasteiger partial charge in [0, 0.05) is 57.6 Å². The van der Waals surface area contributed by atoms with Crippen LogP contribution in [0.15, 0.2) is 159 Å². The first kappa shape index (κ1) is 28.9. The molecule has 0 spiro atoms. The van der Waals surface area contributed by atoms with Gasteiger partial charge in [-0.25, -0.2) is 4.98 Å². The molecule has 5 heterocycles. The second-order valence-corrected chi connectivity index (χ2v) is 6.96. The Balaban J connectivity index is 0.000000207. The number of hydrogen-bond acceptors (Lipinski definition) is 5. The molecule has 6 heteroatoms. The van der Waals surface area contributed by atoms with Crippen LogP contribution in [0.3, 0.4) is 0 Å². The molecule has 37 heavy (non-hydrogen) atoms. The molecule has 1 radical (unpaired) electrons. The average Bonchev–Trinajstić information content (AvgIpc) is 3.02. The van der Waals surface area contributed by atoms with Crippen molar-refractivity contribution in [3.05, 3.63) is 165 Å². The van der Waals surface area contributed by atoms with Crippen molar-refractivity contribution in [1.82, 2.24) is 24.9 Å². The van der Waals surface area contributed by atoms with Crippen LogP contribution in [0.5, 0.6) is 0 Å². The molecule has 0 bridgehead atoms. The number of pyridine rings is 5. The molecule has 0 amide bonds. The number of aromatic nitrogens is 5. The van der Waals surface area contributed by atoms with Gasteiger partial charge < -0.3 is 0 Å². The summed E-state index contributed by atoms with van der Waals surface area (Å²) in [5.74, 6) is 0. The molecule has 183 valence electrons. The molecule has 6 rings (SSSR count). The second-order valence-electron chi connectivity index (χ2n) is 6.96. The summed E-state index contributed by atoms with van der Waals surface area (Å²) in [4.78, 5) is 20.8. The van der Waals surface area contributed by atoms with E-state index < -0.39 is 0 Å². The van der Waals surface area contributed by atoms with E-state index in [0.717, 1.165) is 22.8 Å². The molecular formula is C31H26N5Re-. The maximum absolute atomic E-state index is 4.59. The molecule has 0 unspecified atom stereocenters. The summed E-state index contributed by atoms with van der Waals surface area (Å²) in [6.45, 7) is 0. The van der Waals surface area contributed by atoms with Crippen molar-refractivity contribution in [3.63, 3.8) is 0 Å². The average molecular weight is 655 g/mol. The van der Waals surface area contributed by atoms with Crippen LogP contribution in [0, 0.1) is 6.07 Å². The van der Waals surface area contributed by atoms with Crippen molar-refractivity contribution in [3.8, 4) is 22.8 Å². The van der Waals surface area contributed by atoms with Gasteiger partial charge in [-0.3, -0.25) is 19.9 Å². The second kappa shape index (κ2) is 18.9. The third kappa shape index (κ3) is 12.2. The third-order valence-electron chi connectivity index (χ3n) is 4.34. The predicted octanol–water partition coefficient (Wildman–Crippen LogP) is 6.85. The van der Waals surface area contributed by atoms with Crippen molar-refractivity contribution in [2.24, 2.45) is 0 Å². The van der Waals surface area contributed by atoms with Crippen LogP contribution >= 0.6 is 0 Å². The van der Waals surface area contributed by atoms with E-state index in [2.05, 4.69) is 31.0 Å². The minimum Gasteiger partial charge on any atom is -0.265 e. The van der Waals surface area contributed by atoms with E-state index in [9.17, 15) is 0 Å². The van der Waals surface area contributed by atoms with Crippen molar-refractivity contribution < 1.29 is 20.4 Å². The van der Waals surface area contributed by atoms with Crippen LogP contribution in [0.25, 0.3) is 22.8 Å². The first-order chi connectivity index (χ1) is 17.9. The molecule has 5 nitrogen and oxygen atoms in total. The summed E-state index contributed by atoms with van der Waals surface area (Å²) in [6.07, 6.45) is 10.5. The fourth-order valence-corrected chi connectivity index (χ4v) is 2.72. The van der Waals surface area contributed by atoms with Crippen LogP contribution in [0.1, 0.15) is 0 Å². The molecule has 0 aliphatic heterocycles. The monoisotopic (exact) mass is 655 g/mol. The SMILES string of the molecule is [Re].[c-]1ccccc1.c1ccc(-c2cccc(-c3ccccn3)n2)nc1.c1ccncc1.c1ccncc1. The Morgan fingerprint density at radius 3 is 1.05 bits per heavy atom. The van der Waals surface area contributed by atoms with E-state index in [1.165, 1.54) is 0 Å². The Labute approximate surface area is 232 Å². The van der Waals surface area contributed by atoms with Crippen molar-refractivity contribution >= 4 is 0 Å². The fraction of sp³-hybridized carbons (Fsp3) is 0. The van der Waals surface area contributed by atoms with Gasteiger partial charge >= 0.3 is 0 Å². The topological polar surface area (TPSA) is 64.5 Å². The minimum absolute atomic E-state index is 0. The molecule has 5 aromatic heterocycles. The van der Waals surface area contributed by atoms with E-state index >= 15 is 0 Å². The van der Waals surface area contributed by atoms with Gasteiger partial charge in [-0.1, -0.05) is 30.3 Å². The van der Waals surface area contributed by atoms with E-state index in [4.69, 9.17) is 0 Å². The van der Waals surface area contributed by atoms with E-state index in [1.54, 1.807) is 37.2 Å². The smallest absolute Gasteiger partial charge is 0.0894 e. The fourth-order valence-electron chi connectivity index (χ4n) is 2.72. The van der Waals surface area contributed by atoms with E-state index in [0.29, 0.717) is 0 Å². The van der Waals surface area contributed by atoms with Crippen LogP contribution in [-0.2, 0) is 20.4 Å². The van der Waals surface area contributed by atoms with Gasteiger partial charge in [-0.15, -0.1) is 0 Å². The Morgan fingerprint density at radius 1 is 0.378 bits per heavy atom. The molecule has 0 saturated heterocycles. The van der Waals surface area contributed by atoms with Crippen LogP contribution in [-0.4, -0.2) is 24.9 Å². The summed E-state index contributed by atoms with van der Waals surface area (Å²) in [6, 6.07) is 41.4. The van der Waals surface area contributed by atoms with Crippen molar-refractivity contribution in [1.29, 1.82) is 0 Å². The van der Waals surface area contributed by atoms with Crippen molar-refractivity contribution in [2.75, 3.05) is 0 Å². The van der Waals surface area contributed by atoms with Gasteiger partial charge in [0.2, 0.25) is 0 Å². The number of nitrogens with zero attached hydrogens (tertiary/aromatic N) is 5. The third-order valence-corrected chi connectivity index (χ3v) is 4.34. The molecule has 0 atom stereocenters. The summed E-state index contributed by atoms with van der Waals surface area (Å²) < 4.78 is 0. The van der Waals surface area contributed by atoms with E-state index in [-0.39, 0.29) is 20.4 Å². The minimum atomic E-state index is 0. The standard InChI is InChI=1S/C15H11N3.C6H5.2C5H5N.Re/c1-3-10-16-12(6-1)14-8-5-9-15(18-14)13-7-2-4-11-17-13;3*1-2-4-6-5-3-1;/h1-11H;3*1-5H;/q;-1;;;. The molecular weight excluding hydrogens is 629 g/mol. The number of rotatable bonds is 2.